The molecule has 0 amide bonds. The van der Waals surface area contributed by atoms with Gasteiger partial charge in [0.25, 0.3) is 0 Å². The molecule has 1 atom stereocenters. The Balaban J connectivity index is 2.19. The van der Waals surface area contributed by atoms with Crippen LogP contribution in [0.15, 0.2) is 53.4 Å². The van der Waals surface area contributed by atoms with Crippen molar-refractivity contribution >= 4 is 17.4 Å². The van der Waals surface area contributed by atoms with E-state index in [2.05, 4.69) is 43.4 Å². The number of nitrogens with zero attached hydrogens (tertiary/aromatic N) is 1. The van der Waals surface area contributed by atoms with E-state index in [0.29, 0.717) is 5.56 Å². The molecule has 0 fully saturated rings. The van der Waals surface area contributed by atoms with E-state index in [0.717, 1.165) is 17.0 Å². The first kappa shape index (κ1) is 14.5. The zero-order valence-corrected chi connectivity index (χ0v) is 12.6. The molecule has 20 heavy (non-hydrogen) atoms. The van der Waals surface area contributed by atoms with Crippen LogP contribution in [-0.2, 0) is 0 Å². The highest BCUT2D eigenvalue weighted by Gasteiger charge is 2.08. The highest BCUT2D eigenvalue weighted by atomic mass is 32.2. The second kappa shape index (κ2) is 7.02. The zero-order chi connectivity index (χ0) is 14.4. The van der Waals surface area contributed by atoms with E-state index in [-0.39, 0.29) is 6.04 Å². The van der Waals surface area contributed by atoms with E-state index in [1.807, 2.05) is 42.1 Å². The van der Waals surface area contributed by atoms with Crippen LogP contribution in [0.5, 0.6) is 0 Å². The molecule has 2 rings (SSSR count). The molecule has 0 aliphatic rings. The van der Waals surface area contributed by atoms with Gasteiger partial charge in [-0.3, -0.25) is 0 Å². The number of hydrogen-bond donors (Lipinski definition) is 1. The highest BCUT2D eigenvalue weighted by Crippen LogP contribution is 2.29. The smallest absolute Gasteiger partial charge is 0.0991 e. The molecule has 0 spiro atoms. The lowest BCUT2D eigenvalue weighted by molar-refractivity contribution is 0.879. The maximum absolute atomic E-state index is 8.97. The van der Waals surface area contributed by atoms with Gasteiger partial charge >= 0.3 is 0 Å². The van der Waals surface area contributed by atoms with Crippen molar-refractivity contribution in [2.75, 3.05) is 11.1 Å². The van der Waals surface area contributed by atoms with Crippen LogP contribution >= 0.6 is 11.8 Å². The molecule has 0 aromatic heterocycles. The summed E-state index contributed by atoms with van der Waals surface area (Å²) >= 11 is 1.83. The van der Waals surface area contributed by atoms with Gasteiger partial charge in [0.1, 0.15) is 0 Å². The summed E-state index contributed by atoms with van der Waals surface area (Å²) in [5.41, 5.74) is 2.97. The Morgan fingerprint density at radius 3 is 2.75 bits per heavy atom. The Morgan fingerprint density at radius 2 is 2.00 bits per heavy atom. The van der Waals surface area contributed by atoms with Crippen LogP contribution in [0.25, 0.3) is 0 Å². The Hall–Kier alpha value is -1.92. The van der Waals surface area contributed by atoms with Crippen LogP contribution in [0.4, 0.5) is 5.69 Å². The first-order valence-corrected chi connectivity index (χ1v) is 7.71. The van der Waals surface area contributed by atoms with Gasteiger partial charge in [-0.15, -0.1) is 11.8 Å². The largest absolute Gasteiger partial charge is 0.378 e. The van der Waals surface area contributed by atoms with E-state index in [9.17, 15) is 0 Å². The molecule has 2 aromatic rings. The number of para-hydroxylation sites is 1. The molecule has 2 nitrogen and oxygen atoms in total. The van der Waals surface area contributed by atoms with Crippen LogP contribution in [-0.4, -0.2) is 5.75 Å². The molecule has 0 aliphatic heterocycles. The van der Waals surface area contributed by atoms with Crippen molar-refractivity contribution in [2.45, 2.75) is 24.8 Å². The third-order valence-electron chi connectivity index (χ3n) is 3.07. The summed E-state index contributed by atoms with van der Waals surface area (Å²) in [6.45, 7) is 4.27. The van der Waals surface area contributed by atoms with E-state index >= 15 is 0 Å². The van der Waals surface area contributed by atoms with E-state index in [1.165, 1.54) is 4.90 Å². The molecule has 102 valence electrons. The number of benzene rings is 2. The zero-order valence-electron chi connectivity index (χ0n) is 11.8. The van der Waals surface area contributed by atoms with Crippen LogP contribution in [0.2, 0.25) is 0 Å². The van der Waals surface area contributed by atoms with Crippen molar-refractivity contribution in [2.24, 2.45) is 0 Å². The second-order valence-electron chi connectivity index (χ2n) is 4.53. The lowest BCUT2D eigenvalue weighted by Gasteiger charge is -2.18. The molecular formula is C17H18N2S. The fourth-order valence-corrected chi connectivity index (χ4v) is 2.83. The third-order valence-corrected chi connectivity index (χ3v) is 4.03. The van der Waals surface area contributed by atoms with Crippen LogP contribution < -0.4 is 5.32 Å². The van der Waals surface area contributed by atoms with E-state index in [4.69, 9.17) is 5.26 Å². The molecule has 1 unspecified atom stereocenters. The minimum absolute atomic E-state index is 0.168. The maximum Gasteiger partial charge on any atom is 0.0991 e. The number of hydrogen-bond acceptors (Lipinski definition) is 3. The number of nitriles is 1. The average Bonchev–Trinajstić information content (AvgIpc) is 2.49. The predicted octanol–water partition coefficient (Wildman–Crippen LogP) is 4.84. The summed E-state index contributed by atoms with van der Waals surface area (Å²) in [5.74, 6) is 1.05. The Labute approximate surface area is 124 Å². The van der Waals surface area contributed by atoms with Gasteiger partial charge in [0.2, 0.25) is 0 Å². The Bertz CT molecular complexity index is 616. The quantitative estimate of drug-likeness (QED) is 0.797. The standard InChI is InChI=1S/C17H18N2S/c1-3-20-17-10-5-4-9-16(17)19-13(2)15-8-6-7-14(11-15)12-18/h4-11,13,19H,3H2,1-2H3. The molecule has 0 bridgehead atoms. The van der Waals surface area contributed by atoms with Crippen molar-refractivity contribution in [1.29, 1.82) is 5.26 Å². The number of nitrogens with one attached hydrogen (secondary N) is 1. The maximum atomic E-state index is 8.97. The SMILES string of the molecule is CCSc1ccccc1NC(C)c1cccc(C#N)c1. The van der Waals surface area contributed by atoms with Gasteiger partial charge < -0.3 is 5.32 Å². The second-order valence-corrected chi connectivity index (χ2v) is 5.84. The number of rotatable bonds is 5. The van der Waals surface area contributed by atoms with Crippen LogP contribution in [0, 0.1) is 11.3 Å². The van der Waals surface area contributed by atoms with Crippen molar-refractivity contribution in [1.82, 2.24) is 0 Å². The minimum atomic E-state index is 0.168. The monoisotopic (exact) mass is 282 g/mol. The fraction of sp³-hybridized carbons (Fsp3) is 0.235. The van der Waals surface area contributed by atoms with Gasteiger partial charge in [-0.25, -0.2) is 0 Å². The first-order chi connectivity index (χ1) is 9.74. The molecule has 2 aromatic carbocycles. The summed E-state index contributed by atoms with van der Waals surface area (Å²) in [6.07, 6.45) is 0. The van der Waals surface area contributed by atoms with E-state index in [1.54, 1.807) is 0 Å². The molecule has 0 heterocycles. The Kier molecular flexibility index (Phi) is 5.09. The molecule has 1 N–H and O–H groups in total. The summed E-state index contributed by atoms with van der Waals surface area (Å²) in [5, 5.41) is 12.5. The summed E-state index contributed by atoms with van der Waals surface area (Å²) in [4.78, 5) is 1.26. The first-order valence-electron chi connectivity index (χ1n) is 6.73. The minimum Gasteiger partial charge on any atom is -0.378 e. The molecule has 0 radical (unpaired) electrons. The molecule has 3 heteroatoms. The topological polar surface area (TPSA) is 35.8 Å². The van der Waals surface area contributed by atoms with Crippen LogP contribution in [0.3, 0.4) is 0 Å². The molecule has 0 saturated heterocycles. The lowest BCUT2D eigenvalue weighted by Crippen LogP contribution is -2.07. The number of anilines is 1. The van der Waals surface area contributed by atoms with Crippen LogP contribution in [0.1, 0.15) is 31.0 Å². The lowest BCUT2D eigenvalue weighted by atomic mass is 10.1. The summed E-state index contributed by atoms with van der Waals surface area (Å²) < 4.78 is 0. The molecular weight excluding hydrogens is 264 g/mol. The normalized spacial score (nSPS) is 11.7. The molecule has 0 saturated carbocycles. The molecule has 0 aliphatic carbocycles. The number of thioether (sulfide) groups is 1. The highest BCUT2D eigenvalue weighted by molar-refractivity contribution is 7.99. The summed E-state index contributed by atoms with van der Waals surface area (Å²) in [7, 11) is 0. The van der Waals surface area contributed by atoms with Crippen molar-refractivity contribution in [3.8, 4) is 6.07 Å². The fourth-order valence-electron chi connectivity index (χ4n) is 2.06. The van der Waals surface area contributed by atoms with E-state index < -0.39 is 0 Å². The van der Waals surface area contributed by atoms with Crippen molar-refractivity contribution in [3.05, 3.63) is 59.7 Å². The van der Waals surface area contributed by atoms with Crippen molar-refractivity contribution in [3.63, 3.8) is 0 Å². The summed E-state index contributed by atoms with van der Waals surface area (Å²) in [6, 6.07) is 18.4. The van der Waals surface area contributed by atoms with Gasteiger partial charge in [-0.05, 0) is 42.5 Å². The third kappa shape index (κ3) is 3.55. The predicted molar refractivity (Wildman–Crippen MR) is 86.0 cm³/mol. The van der Waals surface area contributed by atoms with Crippen molar-refractivity contribution < 1.29 is 0 Å². The Morgan fingerprint density at radius 1 is 1.20 bits per heavy atom. The van der Waals surface area contributed by atoms with Gasteiger partial charge in [0, 0.05) is 16.6 Å². The van der Waals surface area contributed by atoms with Gasteiger partial charge in [-0.1, -0.05) is 31.2 Å². The average molecular weight is 282 g/mol. The van der Waals surface area contributed by atoms with Gasteiger partial charge in [0.15, 0.2) is 0 Å². The van der Waals surface area contributed by atoms with Gasteiger partial charge in [-0.2, -0.15) is 5.26 Å². The van der Waals surface area contributed by atoms with Gasteiger partial charge in [0.05, 0.1) is 11.6 Å².